The second kappa shape index (κ2) is 12.0. The summed E-state index contributed by atoms with van der Waals surface area (Å²) in [4.78, 5) is 26.7. The Morgan fingerprint density at radius 3 is 2.29 bits per heavy atom. The summed E-state index contributed by atoms with van der Waals surface area (Å²) in [7, 11) is 0. The molecule has 3 aromatic carbocycles. The van der Waals surface area contributed by atoms with Crippen LogP contribution in [0, 0.1) is 0 Å². The van der Waals surface area contributed by atoms with Crippen molar-refractivity contribution in [1.82, 2.24) is 30.1 Å². The van der Waals surface area contributed by atoms with Crippen LogP contribution in [0.15, 0.2) is 103 Å². The van der Waals surface area contributed by atoms with Crippen LogP contribution >= 0.6 is 0 Å². The molecule has 0 saturated heterocycles. The van der Waals surface area contributed by atoms with E-state index < -0.39 is 12.1 Å². The van der Waals surface area contributed by atoms with Crippen LogP contribution in [0.3, 0.4) is 0 Å². The van der Waals surface area contributed by atoms with Crippen LogP contribution < -0.4 is 10.8 Å². The minimum Gasteiger partial charge on any atom is -0.542 e. The molecule has 12 heteroatoms. The molecule has 0 atom stereocenters. The molecule has 224 valence electrons. The molecule has 0 bridgehead atoms. The number of benzene rings is 3. The van der Waals surface area contributed by atoms with Crippen molar-refractivity contribution in [2.45, 2.75) is 12.7 Å². The van der Waals surface area contributed by atoms with Crippen molar-refractivity contribution in [2.75, 3.05) is 0 Å². The zero-order valence-corrected chi connectivity index (χ0v) is 23.5. The summed E-state index contributed by atoms with van der Waals surface area (Å²) in [5, 5.41) is 18.4. The molecule has 0 spiro atoms. The van der Waals surface area contributed by atoms with E-state index in [4.69, 9.17) is 24.9 Å². The van der Waals surface area contributed by atoms with Gasteiger partial charge >= 0.3 is 6.18 Å². The van der Waals surface area contributed by atoms with Crippen LogP contribution in [0.1, 0.15) is 5.56 Å². The van der Waals surface area contributed by atoms with Gasteiger partial charge in [0.1, 0.15) is 11.7 Å². The maximum Gasteiger partial charge on any atom is 0.430 e. The molecule has 0 amide bonds. The van der Waals surface area contributed by atoms with E-state index in [0.29, 0.717) is 17.3 Å². The lowest BCUT2D eigenvalue weighted by atomic mass is 9.96. The number of nitrogens with one attached hydrogen (secondary N) is 2. The quantitative estimate of drug-likeness (QED) is 0.252. The Labute approximate surface area is 253 Å². The maximum absolute atomic E-state index is 10.5. The average molecular weight is 608 g/mol. The Morgan fingerprint density at radius 1 is 0.822 bits per heavy atom. The van der Waals surface area contributed by atoms with E-state index in [1.165, 1.54) is 5.56 Å². The van der Waals surface area contributed by atoms with Crippen LogP contribution in [0.4, 0.5) is 13.2 Å². The number of quaternary nitrogens is 1. The Kier molecular flexibility index (Phi) is 7.80. The van der Waals surface area contributed by atoms with Gasteiger partial charge in [-0.1, -0.05) is 66.7 Å². The Morgan fingerprint density at radius 2 is 1.58 bits per heavy atom. The van der Waals surface area contributed by atoms with Crippen LogP contribution in [0.25, 0.3) is 67.1 Å². The molecule has 0 aliphatic heterocycles. The normalized spacial score (nSPS) is 11.4. The predicted octanol–water partition coefficient (Wildman–Crippen LogP) is 4.94. The molecule has 4 aromatic heterocycles. The molecule has 0 aliphatic carbocycles. The Bertz CT molecular complexity index is 2120. The van der Waals surface area contributed by atoms with Gasteiger partial charge in [0.2, 0.25) is 0 Å². The molecule has 0 aliphatic rings. The van der Waals surface area contributed by atoms with Crippen molar-refractivity contribution in [3.63, 3.8) is 0 Å². The standard InChI is InChI=1S/C31H23N7.C2HF3O2/c32-18-19-9-11-21(12-10-19)28-24(20-5-2-1-3-6-20)17-25-27(35-28)14-16-34-29(25)31-36-30(37-38-31)23-7-4-8-26-22(23)13-15-33-26;3-2(4,5)1(6)7/h1-17,33H,18,32H2,(H,36,37,38);(H,6,7). The van der Waals surface area contributed by atoms with E-state index in [1.54, 1.807) is 6.20 Å². The fourth-order valence-electron chi connectivity index (χ4n) is 4.94. The third-order valence-corrected chi connectivity index (χ3v) is 7.12. The van der Waals surface area contributed by atoms with Crippen molar-refractivity contribution in [2.24, 2.45) is 0 Å². The number of halogens is 3. The van der Waals surface area contributed by atoms with E-state index in [9.17, 15) is 13.2 Å². The van der Waals surface area contributed by atoms with Crippen LogP contribution in [0.5, 0.6) is 0 Å². The van der Waals surface area contributed by atoms with Crippen LogP contribution in [0.2, 0.25) is 0 Å². The molecule has 7 rings (SSSR count). The topological polar surface area (TPSA) is 151 Å². The van der Waals surface area contributed by atoms with Gasteiger partial charge in [0, 0.05) is 50.9 Å². The number of H-pyrrole nitrogens is 2. The number of carboxylic acids is 1. The SMILES string of the molecule is O=C([O-])C(F)(F)F.[NH3+]Cc1ccc(-c2nc3ccnc(-c4nc(-c5cccc6[nH]ccc56)n[nH]4)c3cc2-c2ccccc2)cc1. The fourth-order valence-corrected chi connectivity index (χ4v) is 4.94. The fraction of sp³-hybridized carbons (Fsp3) is 0.0606. The molecular weight excluding hydrogens is 583 g/mol. The minimum absolute atomic E-state index is 0.603. The predicted molar refractivity (Wildman–Crippen MR) is 161 cm³/mol. The third kappa shape index (κ3) is 5.99. The summed E-state index contributed by atoms with van der Waals surface area (Å²) >= 11 is 0. The van der Waals surface area contributed by atoms with Crippen molar-refractivity contribution in [3.05, 3.63) is 109 Å². The minimum atomic E-state index is -5.19. The first-order valence-electron chi connectivity index (χ1n) is 13.7. The lowest BCUT2D eigenvalue weighted by molar-refractivity contribution is -0.386. The number of carbonyl (C=O) groups is 1. The molecule has 7 aromatic rings. The van der Waals surface area contributed by atoms with Gasteiger partial charge < -0.3 is 20.6 Å². The van der Waals surface area contributed by atoms with E-state index in [-0.39, 0.29) is 0 Å². The Balaban J connectivity index is 0.000000460. The number of carbonyl (C=O) groups excluding carboxylic acids is 1. The van der Waals surface area contributed by atoms with Gasteiger partial charge in [-0.3, -0.25) is 10.1 Å². The average Bonchev–Trinajstić information content (AvgIpc) is 3.75. The number of aromatic nitrogens is 6. The van der Waals surface area contributed by atoms with Crippen molar-refractivity contribution in [1.29, 1.82) is 0 Å². The Hall–Kier alpha value is -5.88. The number of hydrogen-bond acceptors (Lipinski definition) is 6. The van der Waals surface area contributed by atoms with Crippen molar-refractivity contribution >= 4 is 27.8 Å². The van der Waals surface area contributed by atoms with Gasteiger partial charge in [-0.05, 0) is 29.8 Å². The summed E-state index contributed by atoms with van der Waals surface area (Å²) in [6.07, 6.45) is -1.49. The summed E-state index contributed by atoms with van der Waals surface area (Å²) in [6.45, 7) is 0.754. The number of pyridine rings is 2. The molecule has 0 saturated carbocycles. The highest BCUT2D eigenvalue weighted by Crippen LogP contribution is 2.36. The highest BCUT2D eigenvalue weighted by Gasteiger charge is 2.28. The van der Waals surface area contributed by atoms with Gasteiger partial charge in [-0.2, -0.15) is 18.3 Å². The number of alkyl halides is 3. The number of aliphatic carboxylic acids is 1. The van der Waals surface area contributed by atoms with Gasteiger partial charge in [0.25, 0.3) is 0 Å². The zero-order chi connectivity index (χ0) is 31.6. The second-order valence-electron chi connectivity index (χ2n) is 9.96. The number of rotatable bonds is 5. The first kappa shape index (κ1) is 29.2. The van der Waals surface area contributed by atoms with E-state index in [0.717, 1.165) is 56.3 Å². The maximum atomic E-state index is 10.5. The smallest absolute Gasteiger partial charge is 0.430 e. The van der Waals surface area contributed by atoms with E-state index in [1.807, 2.05) is 54.7 Å². The first-order valence-corrected chi connectivity index (χ1v) is 13.7. The summed E-state index contributed by atoms with van der Waals surface area (Å²) in [5.41, 5.74) is 12.9. The number of fused-ring (bicyclic) bond motifs is 2. The molecule has 0 fully saturated rings. The number of carboxylic acid groups (broad SMARTS) is 1. The van der Waals surface area contributed by atoms with E-state index >= 15 is 0 Å². The van der Waals surface area contributed by atoms with Gasteiger partial charge in [-0.25, -0.2) is 9.97 Å². The molecule has 4 heterocycles. The van der Waals surface area contributed by atoms with Crippen LogP contribution in [-0.2, 0) is 11.3 Å². The van der Waals surface area contributed by atoms with E-state index in [2.05, 4.69) is 63.4 Å². The molecule has 9 nitrogen and oxygen atoms in total. The van der Waals surface area contributed by atoms with Crippen LogP contribution in [-0.4, -0.2) is 42.3 Å². The highest BCUT2D eigenvalue weighted by molar-refractivity contribution is 5.98. The molecule has 5 N–H and O–H groups in total. The summed E-state index contributed by atoms with van der Waals surface area (Å²) in [5.74, 6) is -1.78. The molecule has 45 heavy (non-hydrogen) atoms. The highest BCUT2D eigenvalue weighted by atomic mass is 19.4. The van der Waals surface area contributed by atoms with Gasteiger partial charge in [-0.15, -0.1) is 0 Å². The third-order valence-electron chi connectivity index (χ3n) is 7.12. The monoisotopic (exact) mass is 607 g/mol. The number of nitrogens with zero attached hydrogens (tertiary/aromatic N) is 4. The summed E-state index contributed by atoms with van der Waals surface area (Å²) in [6, 6.07) is 31.0. The second-order valence-corrected chi connectivity index (χ2v) is 9.96. The summed E-state index contributed by atoms with van der Waals surface area (Å²) < 4.78 is 31.5. The lowest BCUT2D eigenvalue weighted by Gasteiger charge is -2.13. The molecular formula is C33H24F3N7O2. The molecule has 0 radical (unpaired) electrons. The van der Waals surface area contributed by atoms with Crippen molar-refractivity contribution in [3.8, 4) is 45.3 Å². The number of hydrogen-bond donors (Lipinski definition) is 3. The van der Waals surface area contributed by atoms with Crippen molar-refractivity contribution < 1.29 is 28.8 Å². The lowest BCUT2D eigenvalue weighted by Crippen LogP contribution is -2.47. The largest absolute Gasteiger partial charge is 0.542 e. The number of aromatic amines is 2. The van der Waals surface area contributed by atoms with Gasteiger partial charge in [0.05, 0.1) is 17.8 Å². The zero-order valence-electron chi connectivity index (χ0n) is 23.5. The van der Waals surface area contributed by atoms with Gasteiger partial charge in [0.15, 0.2) is 11.6 Å². The first-order chi connectivity index (χ1) is 21.7. The molecule has 0 unspecified atom stereocenters.